The van der Waals surface area contributed by atoms with Gasteiger partial charge in [-0.25, -0.2) is 0 Å². The van der Waals surface area contributed by atoms with Gasteiger partial charge in [0.2, 0.25) is 0 Å². The second-order valence-corrected chi connectivity index (χ2v) is 2.82. The normalized spacial score (nSPS) is 19.5. The number of allylic oxidation sites excluding steroid dienone is 4. The maximum atomic E-state index is 2.41. The lowest BCUT2D eigenvalue weighted by atomic mass is 10.0. The highest BCUT2D eigenvalue weighted by Gasteiger charge is 1.93. The first-order valence-corrected chi connectivity index (χ1v) is 4.26. The fourth-order valence-electron chi connectivity index (χ4n) is 1.27. The molecule has 0 atom stereocenters. The van der Waals surface area contributed by atoms with Gasteiger partial charge >= 0.3 is 0 Å². The van der Waals surface area contributed by atoms with Crippen LogP contribution in [-0.4, -0.2) is 0 Å². The van der Waals surface area contributed by atoms with E-state index in [4.69, 9.17) is 0 Å². The summed E-state index contributed by atoms with van der Waals surface area (Å²) < 4.78 is 0. The summed E-state index contributed by atoms with van der Waals surface area (Å²) in [6.45, 7) is 2.24. The molecule has 0 saturated carbocycles. The average Bonchev–Trinajstić information content (AvgIpc) is 1.87. The quantitative estimate of drug-likeness (QED) is 0.484. The van der Waals surface area contributed by atoms with Crippen molar-refractivity contribution in [2.24, 2.45) is 0 Å². The minimum absolute atomic E-state index is 1.19. The number of rotatable bonds is 1. The predicted molar refractivity (Wildman–Crippen MR) is 46.0 cm³/mol. The Hall–Kier alpha value is -0.520. The van der Waals surface area contributed by atoms with Gasteiger partial charge in [0.05, 0.1) is 0 Å². The Morgan fingerprint density at radius 2 is 2.20 bits per heavy atom. The van der Waals surface area contributed by atoms with Gasteiger partial charge in [-0.05, 0) is 32.1 Å². The van der Waals surface area contributed by atoms with Gasteiger partial charge in [-0.15, -0.1) is 0 Å². The third-order valence-corrected chi connectivity index (χ3v) is 2.01. The van der Waals surface area contributed by atoms with Crippen LogP contribution in [0.4, 0.5) is 0 Å². The molecule has 0 aliphatic heterocycles. The zero-order valence-electron chi connectivity index (χ0n) is 6.77. The van der Waals surface area contributed by atoms with E-state index in [0.717, 1.165) is 0 Å². The number of hydrogen-bond acceptors (Lipinski definition) is 0. The minimum atomic E-state index is 1.19. The summed E-state index contributed by atoms with van der Waals surface area (Å²) in [5.41, 5.74) is 1.61. The largest absolute Gasteiger partial charge is 0.0882 e. The topological polar surface area (TPSA) is 0 Å². The number of hydrogen-bond donors (Lipinski definition) is 0. The van der Waals surface area contributed by atoms with Crippen LogP contribution >= 0.6 is 0 Å². The zero-order valence-corrected chi connectivity index (χ0v) is 6.77. The van der Waals surface area contributed by atoms with Crippen LogP contribution in [0.5, 0.6) is 0 Å². The lowest BCUT2D eigenvalue weighted by Crippen LogP contribution is -1.83. The van der Waals surface area contributed by atoms with Gasteiger partial charge in [-0.2, -0.15) is 0 Å². The Kier molecular flexibility index (Phi) is 3.28. The van der Waals surface area contributed by atoms with Crippen LogP contribution in [0.3, 0.4) is 0 Å². The van der Waals surface area contributed by atoms with Crippen molar-refractivity contribution in [1.82, 2.24) is 0 Å². The first kappa shape index (κ1) is 7.59. The molecule has 0 heteroatoms. The molecule has 0 radical (unpaired) electrons. The van der Waals surface area contributed by atoms with E-state index in [1.807, 2.05) is 0 Å². The van der Waals surface area contributed by atoms with Crippen molar-refractivity contribution in [3.05, 3.63) is 23.8 Å². The van der Waals surface area contributed by atoms with E-state index in [-0.39, 0.29) is 0 Å². The van der Waals surface area contributed by atoms with Crippen LogP contribution in [-0.2, 0) is 0 Å². The van der Waals surface area contributed by atoms with Crippen LogP contribution in [0.2, 0.25) is 0 Å². The summed E-state index contributed by atoms with van der Waals surface area (Å²) in [7, 11) is 0. The molecule has 0 aromatic carbocycles. The molecule has 0 fully saturated rings. The highest BCUT2D eigenvalue weighted by Crippen LogP contribution is 2.13. The van der Waals surface area contributed by atoms with Crippen molar-refractivity contribution in [3.8, 4) is 0 Å². The molecular formula is C10H16. The van der Waals surface area contributed by atoms with Crippen molar-refractivity contribution in [1.29, 1.82) is 0 Å². The van der Waals surface area contributed by atoms with Gasteiger partial charge < -0.3 is 0 Å². The van der Waals surface area contributed by atoms with Crippen LogP contribution < -0.4 is 0 Å². The molecule has 10 heavy (non-hydrogen) atoms. The molecule has 0 unspecified atom stereocenters. The fourth-order valence-corrected chi connectivity index (χ4v) is 1.27. The summed E-state index contributed by atoms with van der Waals surface area (Å²) in [5, 5.41) is 0. The van der Waals surface area contributed by atoms with E-state index in [2.05, 4.69) is 25.2 Å². The lowest BCUT2D eigenvalue weighted by molar-refractivity contribution is 0.835. The third-order valence-electron chi connectivity index (χ3n) is 2.01. The molecule has 1 aliphatic carbocycles. The highest BCUT2D eigenvalue weighted by atomic mass is 14.0. The molecule has 0 N–H and O–H groups in total. The van der Waals surface area contributed by atoms with Gasteiger partial charge in [0.25, 0.3) is 0 Å². The Morgan fingerprint density at radius 3 is 3.00 bits per heavy atom. The maximum absolute atomic E-state index is 2.41. The SMILES string of the molecule is CCC1=CCCCC=CC1. The molecule has 0 nitrogen and oxygen atoms in total. The first-order chi connectivity index (χ1) is 4.93. The van der Waals surface area contributed by atoms with Crippen molar-refractivity contribution >= 4 is 0 Å². The average molecular weight is 136 g/mol. The summed E-state index contributed by atoms with van der Waals surface area (Å²) in [6.07, 6.45) is 13.3. The molecule has 0 aromatic rings. The smallest absolute Gasteiger partial charge is 0.0139 e. The summed E-state index contributed by atoms with van der Waals surface area (Å²) in [4.78, 5) is 0. The molecule has 1 rings (SSSR count). The van der Waals surface area contributed by atoms with Gasteiger partial charge in [-0.1, -0.05) is 30.7 Å². The Morgan fingerprint density at radius 1 is 1.30 bits per heavy atom. The van der Waals surface area contributed by atoms with Gasteiger partial charge in [0.15, 0.2) is 0 Å². The third kappa shape index (κ3) is 2.38. The van der Waals surface area contributed by atoms with Gasteiger partial charge in [0.1, 0.15) is 0 Å². The minimum Gasteiger partial charge on any atom is -0.0882 e. The van der Waals surface area contributed by atoms with Crippen molar-refractivity contribution in [2.45, 2.75) is 39.0 Å². The monoisotopic (exact) mass is 136 g/mol. The molecule has 0 heterocycles. The first-order valence-electron chi connectivity index (χ1n) is 4.26. The second-order valence-electron chi connectivity index (χ2n) is 2.82. The fraction of sp³-hybridized carbons (Fsp3) is 0.600. The van der Waals surface area contributed by atoms with Gasteiger partial charge in [0, 0.05) is 0 Å². The van der Waals surface area contributed by atoms with E-state index >= 15 is 0 Å². The molecule has 0 saturated heterocycles. The molecule has 0 spiro atoms. The maximum Gasteiger partial charge on any atom is -0.0139 e. The van der Waals surface area contributed by atoms with Crippen molar-refractivity contribution in [2.75, 3.05) is 0 Å². The second kappa shape index (κ2) is 4.32. The Bertz CT molecular complexity index is 140. The van der Waals surface area contributed by atoms with E-state index in [9.17, 15) is 0 Å². The van der Waals surface area contributed by atoms with Crippen LogP contribution in [0.25, 0.3) is 0 Å². The summed E-state index contributed by atoms with van der Waals surface area (Å²) in [6, 6.07) is 0. The summed E-state index contributed by atoms with van der Waals surface area (Å²) in [5.74, 6) is 0. The standard InChI is InChI=1S/C10H16/c1-2-10-8-6-4-3-5-7-9-10/h4,6,9H,2-3,5,7-8H2,1H3. The van der Waals surface area contributed by atoms with E-state index in [1.165, 1.54) is 32.1 Å². The van der Waals surface area contributed by atoms with Crippen LogP contribution in [0.1, 0.15) is 39.0 Å². The van der Waals surface area contributed by atoms with E-state index in [1.54, 1.807) is 5.57 Å². The van der Waals surface area contributed by atoms with E-state index < -0.39 is 0 Å². The molecule has 56 valence electrons. The zero-order chi connectivity index (χ0) is 7.23. The Balaban J connectivity index is 2.45. The Labute approximate surface area is 63.6 Å². The predicted octanol–water partition coefficient (Wildman–Crippen LogP) is 3.45. The molecule has 0 bridgehead atoms. The molecule has 0 amide bonds. The molecule has 1 aliphatic rings. The molecule has 0 aromatic heterocycles. The highest BCUT2D eigenvalue weighted by molar-refractivity contribution is 5.08. The van der Waals surface area contributed by atoms with E-state index in [0.29, 0.717) is 0 Å². The van der Waals surface area contributed by atoms with Gasteiger partial charge in [-0.3, -0.25) is 0 Å². The lowest BCUT2D eigenvalue weighted by Gasteiger charge is -2.03. The van der Waals surface area contributed by atoms with Crippen LogP contribution in [0.15, 0.2) is 23.8 Å². The van der Waals surface area contributed by atoms with Crippen molar-refractivity contribution in [3.63, 3.8) is 0 Å². The summed E-state index contributed by atoms with van der Waals surface area (Å²) >= 11 is 0. The molecular weight excluding hydrogens is 120 g/mol. The van der Waals surface area contributed by atoms with Crippen molar-refractivity contribution < 1.29 is 0 Å². The van der Waals surface area contributed by atoms with Crippen LogP contribution in [0, 0.1) is 0 Å².